The van der Waals surface area contributed by atoms with E-state index in [2.05, 4.69) is 0 Å². The third-order valence-corrected chi connectivity index (χ3v) is 5.08. The molecular formula is C20H18O6S. The molecule has 0 saturated carbocycles. The molecule has 3 rings (SSSR count). The Morgan fingerprint density at radius 1 is 1.15 bits per heavy atom. The van der Waals surface area contributed by atoms with Crippen molar-refractivity contribution in [1.82, 2.24) is 0 Å². The predicted octanol–water partition coefficient (Wildman–Crippen LogP) is 3.84. The normalized spacial score (nSPS) is 16.7. The number of carboxylic acids is 1. The molecule has 0 saturated heterocycles. The maximum Gasteiger partial charge on any atom is 0.348 e. The summed E-state index contributed by atoms with van der Waals surface area (Å²) in [4.78, 5) is 23.1. The van der Waals surface area contributed by atoms with Crippen LogP contribution in [0.15, 0.2) is 65.3 Å². The molecule has 1 atom stereocenters. The van der Waals surface area contributed by atoms with Gasteiger partial charge < -0.3 is 19.7 Å². The number of carboxylic acid groups (broad SMARTS) is 1. The van der Waals surface area contributed by atoms with E-state index in [0.29, 0.717) is 17.1 Å². The van der Waals surface area contributed by atoms with Crippen molar-refractivity contribution in [3.05, 3.63) is 76.4 Å². The quantitative estimate of drug-likeness (QED) is 0.698. The smallest absolute Gasteiger partial charge is 0.348 e. The van der Waals surface area contributed by atoms with Crippen molar-refractivity contribution >= 4 is 23.7 Å². The Bertz CT molecular complexity index is 845. The second kappa shape index (κ2) is 8.64. The topological polar surface area (TPSA) is 93.1 Å². The van der Waals surface area contributed by atoms with E-state index in [1.807, 2.05) is 30.3 Å². The molecular weight excluding hydrogens is 368 g/mol. The molecule has 0 fully saturated rings. The van der Waals surface area contributed by atoms with Gasteiger partial charge in [0.1, 0.15) is 22.5 Å². The van der Waals surface area contributed by atoms with Crippen molar-refractivity contribution in [2.24, 2.45) is 0 Å². The molecule has 2 N–H and O–H groups in total. The van der Waals surface area contributed by atoms with Crippen LogP contribution in [0.25, 0.3) is 0 Å². The molecule has 0 aromatic heterocycles. The number of thioether (sulfide) groups is 1. The Balaban J connectivity index is 1.64. The van der Waals surface area contributed by atoms with Gasteiger partial charge >= 0.3 is 11.9 Å². The van der Waals surface area contributed by atoms with Crippen molar-refractivity contribution in [1.29, 1.82) is 0 Å². The fraction of sp³-hybridized carbons (Fsp3) is 0.200. The highest BCUT2D eigenvalue weighted by Gasteiger charge is 2.30. The molecule has 1 heterocycles. The van der Waals surface area contributed by atoms with Gasteiger partial charge in [-0.15, -0.1) is 11.8 Å². The number of aliphatic hydroxyl groups excluding tert-OH is 1. The van der Waals surface area contributed by atoms with Gasteiger partial charge in [-0.05, 0) is 23.3 Å². The highest BCUT2D eigenvalue weighted by Crippen LogP contribution is 2.37. The highest BCUT2D eigenvalue weighted by molar-refractivity contribution is 8.03. The monoisotopic (exact) mass is 386 g/mol. The van der Waals surface area contributed by atoms with Crippen LogP contribution in [0.3, 0.4) is 0 Å². The van der Waals surface area contributed by atoms with Crippen molar-refractivity contribution in [2.45, 2.75) is 18.3 Å². The van der Waals surface area contributed by atoms with Crippen LogP contribution in [0.5, 0.6) is 5.75 Å². The lowest BCUT2D eigenvalue weighted by molar-refractivity contribution is -0.146. The first-order valence-electron chi connectivity index (χ1n) is 8.27. The average Bonchev–Trinajstić information content (AvgIpc) is 2.67. The number of aliphatic carboxylic acids is 1. The number of cyclic esters (lactones) is 1. The lowest BCUT2D eigenvalue weighted by Gasteiger charge is -2.24. The standard InChI is InChI=1S/C20H18O6S/c21-16-10-17(14-6-8-15(9-7-14)25-11-18(22)23)26-20(24)19(16)27-12-13-4-2-1-3-5-13/h1-9,17,21H,10-12H2,(H,22,23). The molecule has 27 heavy (non-hydrogen) atoms. The van der Waals surface area contributed by atoms with Gasteiger partial charge in [0.05, 0.1) is 0 Å². The van der Waals surface area contributed by atoms with Crippen LogP contribution in [-0.4, -0.2) is 28.8 Å². The lowest BCUT2D eigenvalue weighted by Crippen LogP contribution is -2.20. The van der Waals surface area contributed by atoms with Crippen LogP contribution in [0, 0.1) is 0 Å². The molecule has 0 amide bonds. The molecule has 1 unspecified atom stereocenters. The largest absolute Gasteiger partial charge is 0.511 e. The first kappa shape index (κ1) is 18.8. The fourth-order valence-corrected chi connectivity index (χ4v) is 3.51. The zero-order valence-corrected chi connectivity index (χ0v) is 15.1. The Morgan fingerprint density at radius 3 is 2.48 bits per heavy atom. The van der Waals surface area contributed by atoms with Gasteiger partial charge in [-0.2, -0.15) is 0 Å². The molecule has 7 heteroatoms. The number of ether oxygens (including phenoxy) is 2. The second-order valence-electron chi connectivity index (χ2n) is 5.90. The number of carbonyl (C=O) groups excluding carboxylic acids is 1. The van der Waals surface area contributed by atoms with Crippen LogP contribution in [0.4, 0.5) is 0 Å². The molecule has 1 aliphatic heterocycles. The zero-order valence-electron chi connectivity index (χ0n) is 14.3. The molecule has 0 aliphatic carbocycles. The summed E-state index contributed by atoms with van der Waals surface area (Å²) in [6.45, 7) is -0.427. The van der Waals surface area contributed by atoms with Gasteiger partial charge in [0.25, 0.3) is 0 Å². The zero-order chi connectivity index (χ0) is 19.2. The summed E-state index contributed by atoms with van der Waals surface area (Å²) in [5.74, 6) is -0.618. The minimum atomic E-state index is -1.06. The number of carbonyl (C=O) groups is 2. The first-order chi connectivity index (χ1) is 13.0. The summed E-state index contributed by atoms with van der Waals surface area (Å²) < 4.78 is 10.5. The van der Waals surface area contributed by atoms with E-state index in [-0.39, 0.29) is 17.1 Å². The van der Waals surface area contributed by atoms with E-state index in [9.17, 15) is 14.7 Å². The van der Waals surface area contributed by atoms with Gasteiger partial charge in [0.2, 0.25) is 0 Å². The van der Waals surface area contributed by atoms with E-state index >= 15 is 0 Å². The van der Waals surface area contributed by atoms with Crippen LogP contribution in [0.2, 0.25) is 0 Å². The fourth-order valence-electron chi connectivity index (χ4n) is 2.59. The van der Waals surface area contributed by atoms with Gasteiger partial charge in [-0.3, -0.25) is 0 Å². The number of hydrogen-bond donors (Lipinski definition) is 2. The summed E-state index contributed by atoms with van der Waals surface area (Å²) in [5, 5.41) is 18.9. The van der Waals surface area contributed by atoms with Crippen molar-refractivity contribution in [3.63, 3.8) is 0 Å². The number of hydrogen-bond acceptors (Lipinski definition) is 6. The molecule has 6 nitrogen and oxygen atoms in total. The van der Waals surface area contributed by atoms with Gasteiger partial charge in [0.15, 0.2) is 6.61 Å². The molecule has 1 aliphatic rings. The van der Waals surface area contributed by atoms with Gasteiger partial charge in [0, 0.05) is 12.2 Å². The number of aliphatic hydroxyl groups is 1. The van der Waals surface area contributed by atoms with E-state index in [0.717, 1.165) is 5.56 Å². The second-order valence-corrected chi connectivity index (χ2v) is 6.89. The molecule has 2 aromatic carbocycles. The third-order valence-electron chi connectivity index (χ3n) is 3.92. The van der Waals surface area contributed by atoms with Crippen LogP contribution < -0.4 is 4.74 Å². The minimum Gasteiger partial charge on any atom is -0.511 e. The molecule has 2 aromatic rings. The Kier molecular flexibility index (Phi) is 6.03. The van der Waals surface area contributed by atoms with E-state index in [1.165, 1.54) is 11.8 Å². The Labute approximate surface area is 160 Å². The summed E-state index contributed by atoms with van der Waals surface area (Å²) in [7, 11) is 0. The van der Waals surface area contributed by atoms with Crippen molar-refractivity contribution in [3.8, 4) is 5.75 Å². The SMILES string of the molecule is O=C(O)COc1ccc(C2CC(O)=C(SCc3ccccc3)C(=O)O2)cc1. The third kappa shape index (κ3) is 5.04. The average molecular weight is 386 g/mol. The summed E-state index contributed by atoms with van der Waals surface area (Å²) in [6, 6.07) is 16.2. The maximum atomic E-state index is 12.3. The predicted molar refractivity (Wildman–Crippen MR) is 100 cm³/mol. The molecule has 0 bridgehead atoms. The van der Waals surface area contributed by atoms with Crippen LogP contribution in [-0.2, 0) is 20.1 Å². The number of rotatable bonds is 7. The summed E-state index contributed by atoms with van der Waals surface area (Å²) >= 11 is 1.26. The minimum absolute atomic E-state index is 0.0170. The summed E-state index contributed by atoms with van der Waals surface area (Å²) in [6.07, 6.45) is -0.398. The van der Waals surface area contributed by atoms with Crippen LogP contribution >= 0.6 is 11.8 Å². The number of benzene rings is 2. The Hall–Kier alpha value is -2.93. The number of esters is 1. The van der Waals surface area contributed by atoms with E-state index in [1.54, 1.807) is 24.3 Å². The molecule has 0 spiro atoms. The van der Waals surface area contributed by atoms with Gasteiger partial charge in [-0.1, -0.05) is 42.5 Å². The van der Waals surface area contributed by atoms with E-state index < -0.39 is 24.6 Å². The summed E-state index contributed by atoms with van der Waals surface area (Å²) in [5.41, 5.74) is 1.75. The van der Waals surface area contributed by atoms with Gasteiger partial charge in [-0.25, -0.2) is 9.59 Å². The molecule has 0 radical (unpaired) electrons. The Morgan fingerprint density at radius 2 is 1.85 bits per heavy atom. The maximum absolute atomic E-state index is 12.3. The van der Waals surface area contributed by atoms with Crippen molar-refractivity contribution < 1.29 is 29.3 Å². The van der Waals surface area contributed by atoms with Crippen molar-refractivity contribution in [2.75, 3.05) is 6.61 Å². The molecule has 140 valence electrons. The van der Waals surface area contributed by atoms with E-state index in [4.69, 9.17) is 14.6 Å². The van der Waals surface area contributed by atoms with Crippen LogP contribution in [0.1, 0.15) is 23.7 Å². The highest BCUT2D eigenvalue weighted by atomic mass is 32.2. The first-order valence-corrected chi connectivity index (χ1v) is 9.26. The lowest BCUT2D eigenvalue weighted by atomic mass is 10.0.